The van der Waals surface area contributed by atoms with Gasteiger partial charge in [0.2, 0.25) is 10.0 Å². The van der Waals surface area contributed by atoms with Crippen molar-refractivity contribution in [2.75, 3.05) is 0 Å². The molecule has 7 heteroatoms. The van der Waals surface area contributed by atoms with Crippen molar-refractivity contribution in [2.45, 2.75) is 11.4 Å². The second kappa shape index (κ2) is 6.97. The number of nitrogens with zero attached hydrogens (tertiary/aromatic N) is 1. The van der Waals surface area contributed by atoms with E-state index in [9.17, 15) is 18.3 Å². The number of benzene rings is 1. The third-order valence-electron chi connectivity index (χ3n) is 2.79. The molecule has 0 aliphatic heterocycles. The molecule has 0 fully saturated rings. The smallest absolute Gasteiger partial charge is 0.240 e. The highest BCUT2D eigenvalue weighted by molar-refractivity contribution is 7.89. The first-order valence-electron chi connectivity index (χ1n) is 6.35. The number of rotatable bonds is 6. The van der Waals surface area contributed by atoms with Crippen LogP contribution < -0.4 is 9.83 Å². The van der Waals surface area contributed by atoms with E-state index < -0.39 is 16.0 Å². The van der Waals surface area contributed by atoms with Gasteiger partial charge in [0.05, 0.1) is 10.9 Å². The Morgan fingerprint density at radius 2 is 1.95 bits per heavy atom. The van der Waals surface area contributed by atoms with Crippen LogP contribution in [0.25, 0.3) is 6.08 Å². The number of pyridine rings is 1. The largest absolute Gasteiger partial charge is 0.545 e. The van der Waals surface area contributed by atoms with Crippen molar-refractivity contribution in [2.24, 2.45) is 0 Å². The molecule has 1 N–H and O–H groups in total. The average Bonchev–Trinajstić information content (AvgIpc) is 2.52. The predicted molar refractivity (Wildman–Crippen MR) is 78.7 cm³/mol. The highest BCUT2D eigenvalue weighted by atomic mass is 32.2. The first-order valence-corrected chi connectivity index (χ1v) is 7.83. The van der Waals surface area contributed by atoms with Gasteiger partial charge < -0.3 is 9.90 Å². The minimum Gasteiger partial charge on any atom is -0.545 e. The van der Waals surface area contributed by atoms with E-state index in [0.717, 1.165) is 11.6 Å². The zero-order chi connectivity index (χ0) is 16.0. The molecule has 0 atom stereocenters. The zero-order valence-corrected chi connectivity index (χ0v) is 12.3. The molecule has 22 heavy (non-hydrogen) atoms. The summed E-state index contributed by atoms with van der Waals surface area (Å²) in [6, 6.07) is 9.32. The quantitative estimate of drug-likeness (QED) is 0.774. The summed E-state index contributed by atoms with van der Waals surface area (Å²) in [6.07, 6.45) is 5.40. The lowest BCUT2D eigenvalue weighted by Crippen LogP contribution is -2.23. The van der Waals surface area contributed by atoms with Crippen LogP contribution in [0.4, 0.5) is 0 Å². The summed E-state index contributed by atoms with van der Waals surface area (Å²) in [5, 5.41) is 10.3. The van der Waals surface area contributed by atoms with Crippen LogP contribution in [0.1, 0.15) is 11.1 Å². The van der Waals surface area contributed by atoms with Gasteiger partial charge in [-0.25, -0.2) is 13.1 Å². The number of hydrogen-bond donors (Lipinski definition) is 1. The third-order valence-corrected chi connectivity index (χ3v) is 4.21. The minimum atomic E-state index is -3.64. The highest BCUT2D eigenvalue weighted by Gasteiger charge is 2.13. The van der Waals surface area contributed by atoms with Gasteiger partial charge in [0.25, 0.3) is 0 Å². The average molecular weight is 317 g/mol. The summed E-state index contributed by atoms with van der Waals surface area (Å²) in [4.78, 5) is 14.3. The van der Waals surface area contributed by atoms with Crippen LogP contribution in [0, 0.1) is 0 Å². The molecule has 1 aromatic heterocycles. The molecule has 0 spiro atoms. The highest BCUT2D eigenvalue weighted by Crippen LogP contribution is 2.12. The molecule has 0 radical (unpaired) electrons. The fourth-order valence-corrected chi connectivity index (χ4v) is 2.70. The van der Waals surface area contributed by atoms with Crippen molar-refractivity contribution in [1.82, 2.24) is 9.71 Å². The molecule has 0 saturated carbocycles. The number of carbonyl (C=O) groups excluding carboxylic acids is 1. The summed E-state index contributed by atoms with van der Waals surface area (Å²) >= 11 is 0. The maximum absolute atomic E-state index is 12.1. The molecule has 6 nitrogen and oxygen atoms in total. The normalized spacial score (nSPS) is 11.6. The first-order chi connectivity index (χ1) is 10.5. The number of nitrogens with one attached hydrogen (secondary N) is 1. The van der Waals surface area contributed by atoms with Gasteiger partial charge in [-0.15, -0.1) is 0 Å². The molecule has 2 aromatic rings. The van der Waals surface area contributed by atoms with Crippen molar-refractivity contribution < 1.29 is 18.3 Å². The molecule has 1 heterocycles. The van der Waals surface area contributed by atoms with Crippen molar-refractivity contribution in [1.29, 1.82) is 0 Å². The molecule has 0 saturated heterocycles. The van der Waals surface area contributed by atoms with Gasteiger partial charge in [-0.1, -0.05) is 24.3 Å². The fourth-order valence-electron chi connectivity index (χ4n) is 1.69. The Labute approximate surface area is 128 Å². The maximum atomic E-state index is 12.1. The van der Waals surface area contributed by atoms with Crippen molar-refractivity contribution in [3.05, 3.63) is 66.0 Å². The topological polar surface area (TPSA) is 99.2 Å². The SMILES string of the molecule is O=C([O-])C=Cc1ccc(S(=O)(=O)NCc2cccnc2)cc1. The van der Waals surface area contributed by atoms with Crippen LogP contribution in [0.15, 0.2) is 59.8 Å². The van der Waals surface area contributed by atoms with E-state index in [-0.39, 0.29) is 11.4 Å². The summed E-state index contributed by atoms with van der Waals surface area (Å²) in [7, 11) is -3.64. The number of carbonyl (C=O) groups is 1. The lowest BCUT2D eigenvalue weighted by molar-refractivity contribution is -0.297. The molecule has 0 aliphatic rings. The number of carboxylic acids is 1. The summed E-state index contributed by atoms with van der Waals surface area (Å²) in [5.74, 6) is -1.31. The Hall–Kier alpha value is -2.51. The number of aromatic nitrogens is 1. The minimum absolute atomic E-state index is 0.0991. The first kappa shape index (κ1) is 15.9. The fraction of sp³-hybridized carbons (Fsp3) is 0.0667. The Balaban J connectivity index is 2.07. The van der Waals surface area contributed by atoms with Gasteiger partial charge in [-0.3, -0.25) is 4.98 Å². The Bertz CT molecular complexity index is 769. The van der Waals surface area contributed by atoms with Gasteiger partial charge in [-0.05, 0) is 35.4 Å². The predicted octanol–water partition coefficient (Wildman–Crippen LogP) is 0.323. The van der Waals surface area contributed by atoms with E-state index in [2.05, 4.69) is 9.71 Å². The van der Waals surface area contributed by atoms with E-state index in [1.165, 1.54) is 30.3 Å². The Morgan fingerprint density at radius 1 is 1.23 bits per heavy atom. The van der Waals surface area contributed by atoms with Crippen LogP contribution in [-0.4, -0.2) is 19.4 Å². The van der Waals surface area contributed by atoms with Crippen molar-refractivity contribution >= 4 is 22.1 Å². The van der Waals surface area contributed by atoms with E-state index in [0.29, 0.717) is 5.56 Å². The molecular weight excluding hydrogens is 304 g/mol. The Morgan fingerprint density at radius 3 is 2.55 bits per heavy atom. The molecule has 2 rings (SSSR count). The zero-order valence-electron chi connectivity index (χ0n) is 11.5. The van der Waals surface area contributed by atoms with Crippen LogP contribution in [-0.2, 0) is 21.4 Å². The monoisotopic (exact) mass is 317 g/mol. The van der Waals surface area contributed by atoms with Crippen molar-refractivity contribution in [3.8, 4) is 0 Å². The van der Waals surface area contributed by atoms with Gasteiger partial charge in [-0.2, -0.15) is 0 Å². The van der Waals surface area contributed by atoms with Crippen LogP contribution in [0.5, 0.6) is 0 Å². The second-order valence-electron chi connectivity index (χ2n) is 4.41. The second-order valence-corrected chi connectivity index (χ2v) is 6.17. The number of hydrogen-bond acceptors (Lipinski definition) is 5. The molecule has 0 amide bonds. The van der Waals surface area contributed by atoms with Gasteiger partial charge in [0, 0.05) is 18.9 Å². The summed E-state index contributed by atoms with van der Waals surface area (Å²) in [6.45, 7) is 0.141. The van der Waals surface area contributed by atoms with Crippen LogP contribution in [0.2, 0.25) is 0 Å². The van der Waals surface area contributed by atoms with E-state index in [4.69, 9.17) is 0 Å². The van der Waals surface area contributed by atoms with E-state index >= 15 is 0 Å². The number of carboxylic acid groups (broad SMARTS) is 1. The summed E-state index contributed by atoms with van der Waals surface area (Å²) < 4.78 is 26.7. The molecule has 1 aromatic carbocycles. The Kier molecular flexibility index (Phi) is 5.03. The number of sulfonamides is 1. The molecule has 0 bridgehead atoms. The van der Waals surface area contributed by atoms with E-state index in [1.807, 2.05) is 0 Å². The van der Waals surface area contributed by atoms with E-state index in [1.54, 1.807) is 24.5 Å². The van der Waals surface area contributed by atoms with Gasteiger partial charge in [0.15, 0.2) is 0 Å². The maximum Gasteiger partial charge on any atom is 0.240 e. The van der Waals surface area contributed by atoms with Crippen LogP contribution >= 0.6 is 0 Å². The number of aliphatic carboxylic acids is 1. The van der Waals surface area contributed by atoms with Gasteiger partial charge in [0.1, 0.15) is 0 Å². The lowest BCUT2D eigenvalue weighted by Gasteiger charge is -2.07. The summed E-state index contributed by atoms with van der Waals surface area (Å²) in [5.41, 5.74) is 1.31. The van der Waals surface area contributed by atoms with Crippen LogP contribution in [0.3, 0.4) is 0 Å². The standard InChI is InChI=1S/C15H14N2O4S/c18-15(19)8-5-12-3-6-14(7-4-12)22(20,21)17-11-13-2-1-9-16-10-13/h1-10,17H,11H2,(H,18,19)/p-1. The molecule has 114 valence electrons. The van der Waals surface area contributed by atoms with Gasteiger partial charge >= 0.3 is 0 Å². The lowest BCUT2D eigenvalue weighted by atomic mass is 10.2. The third kappa shape index (κ3) is 4.51. The molecule has 0 unspecified atom stereocenters. The molecule has 0 aliphatic carbocycles. The van der Waals surface area contributed by atoms with Crippen molar-refractivity contribution in [3.63, 3.8) is 0 Å². The molecular formula is C15H13N2O4S-.